The lowest BCUT2D eigenvalue weighted by Gasteiger charge is -2.33. The number of hydrogen-bond donors (Lipinski definition) is 1. The predicted octanol–water partition coefficient (Wildman–Crippen LogP) is 4.90. The summed E-state index contributed by atoms with van der Waals surface area (Å²) in [6.45, 7) is 0.788. The van der Waals surface area contributed by atoms with E-state index in [0.717, 1.165) is 17.1 Å². The van der Waals surface area contributed by atoms with Gasteiger partial charge in [0.05, 0.1) is 11.2 Å². The third-order valence-electron chi connectivity index (χ3n) is 7.92. The van der Waals surface area contributed by atoms with E-state index in [4.69, 9.17) is 4.74 Å². The molecule has 3 aromatic heterocycles. The first kappa shape index (κ1) is 25.7. The molecule has 1 fully saturated rings. The van der Waals surface area contributed by atoms with E-state index in [1.807, 2.05) is 12.1 Å². The Balaban J connectivity index is 1.19. The second-order valence-electron chi connectivity index (χ2n) is 10.2. The smallest absolute Gasteiger partial charge is 0.410 e. The SMILES string of the molecule is N#Cc1ccc2c(n1)[C@H](OC(=O)N1CCC(n3c(=O)[nH]c4ncccc43)CC1)CC[C@@H](c1cccc(F)c1F)C2. The Morgan fingerprint density at radius 2 is 1.90 bits per heavy atom. The molecule has 204 valence electrons. The van der Waals surface area contributed by atoms with Gasteiger partial charge in [0, 0.05) is 25.3 Å². The Hall–Kier alpha value is -4.59. The first-order valence-electron chi connectivity index (χ1n) is 13.3. The summed E-state index contributed by atoms with van der Waals surface area (Å²) in [7, 11) is 0. The summed E-state index contributed by atoms with van der Waals surface area (Å²) < 4.78 is 36.3. The largest absolute Gasteiger partial charge is 0.440 e. The second kappa shape index (κ2) is 10.5. The van der Waals surface area contributed by atoms with Crippen molar-refractivity contribution < 1.29 is 18.3 Å². The molecule has 0 spiro atoms. The van der Waals surface area contributed by atoms with Crippen molar-refractivity contribution in [1.82, 2.24) is 24.4 Å². The Morgan fingerprint density at radius 1 is 1.07 bits per heavy atom. The van der Waals surface area contributed by atoms with E-state index in [2.05, 4.69) is 15.0 Å². The Kier molecular flexibility index (Phi) is 6.76. The molecule has 0 saturated carbocycles. The molecule has 4 heterocycles. The van der Waals surface area contributed by atoms with Crippen molar-refractivity contribution in [2.45, 2.75) is 50.2 Å². The van der Waals surface area contributed by atoms with Gasteiger partial charge < -0.3 is 9.64 Å². The molecule has 1 aliphatic carbocycles. The van der Waals surface area contributed by atoms with Crippen molar-refractivity contribution in [2.75, 3.05) is 13.1 Å². The van der Waals surface area contributed by atoms with Gasteiger partial charge in [0.2, 0.25) is 0 Å². The van der Waals surface area contributed by atoms with Gasteiger partial charge in [0.15, 0.2) is 17.3 Å². The number of carbonyl (C=O) groups is 1. The number of piperidine rings is 1. The van der Waals surface area contributed by atoms with Crippen molar-refractivity contribution in [3.8, 4) is 6.07 Å². The minimum Gasteiger partial charge on any atom is -0.440 e. The zero-order chi connectivity index (χ0) is 27.8. The highest BCUT2D eigenvalue weighted by molar-refractivity contribution is 5.70. The number of aromatic amines is 1. The molecular formula is C29H26F2N6O3. The highest BCUT2D eigenvalue weighted by Crippen LogP contribution is 2.39. The van der Waals surface area contributed by atoms with Gasteiger partial charge in [-0.2, -0.15) is 5.26 Å². The van der Waals surface area contributed by atoms with E-state index in [1.165, 1.54) is 6.07 Å². The summed E-state index contributed by atoms with van der Waals surface area (Å²) in [4.78, 5) is 38.9. The van der Waals surface area contributed by atoms with Gasteiger partial charge in [-0.3, -0.25) is 9.55 Å². The Bertz CT molecular complexity index is 1690. The summed E-state index contributed by atoms with van der Waals surface area (Å²) >= 11 is 0. The molecule has 2 atom stereocenters. The number of pyridine rings is 2. The van der Waals surface area contributed by atoms with Gasteiger partial charge in [-0.15, -0.1) is 0 Å². The lowest BCUT2D eigenvalue weighted by molar-refractivity contribution is 0.0472. The van der Waals surface area contributed by atoms with Gasteiger partial charge in [0.25, 0.3) is 0 Å². The predicted molar refractivity (Wildman–Crippen MR) is 140 cm³/mol. The van der Waals surface area contributed by atoms with Crippen LogP contribution in [0.4, 0.5) is 13.6 Å². The number of ether oxygens (including phenoxy) is 1. The zero-order valence-corrected chi connectivity index (χ0v) is 21.5. The van der Waals surface area contributed by atoms with Crippen molar-refractivity contribution >= 4 is 17.3 Å². The first-order valence-corrected chi connectivity index (χ1v) is 13.3. The van der Waals surface area contributed by atoms with Gasteiger partial charge in [-0.05, 0) is 73.4 Å². The molecule has 9 nitrogen and oxygen atoms in total. The number of hydrogen-bond acceptors (Lipinski definition) is 6. The fourth-order valence-corrected chi connectivity index (χ4v) is 5.91. The van der Waals surface area contributed by atoms with Crippen LogP contribution >= 0.6 is 0 Å². The van der Waals surface area contributed by atoms with Crippen LogP contribution in [0.15, 0.2) is 53.5 Å². The summed E-state index contributed by atoms with van der Waals surface area (Å²) in [6, 6.07) is 13.0. The first-order chi connectivity index (χ1) is 19.4. The average molecular weight is 545 g/mol. The van der Waals surface area contributed by atoms with Crippen LogP contribution in [0.25, 0.3) is 11.2 Å². The number of nitrogens with one attached hydrogen (secondary N) is 1. The van der Waals surface area contributed by atoms with Crippen LogP contribution in [-0.2, 0) is 11.2 Å². The maximum absolute atomic E-state index is 14.7. The highest BCUT2D eigenvalue weighted by atomic mass is 19.2. The van der Waals surface area contributed by atoms with E-state index in [9.17, 15) is 23.6 Å². The third kappa shape index (κ3) is 4.70. The van der Waals surface area contributed by atoms with E-state index in [1.54, 1.807) is 39.9 Å². The number of halogens is 2. The number of rotatable bonds is 3. The van der Waals surface area contributed by atoms with Crippen molar-refractivity contribution in [3.05, 3.63) is 93.3 Å². The van der Waals surface area contributed by atoms with E-state index in [-0.39, 0.29) is 28.9 Å². The molecule has 6 rings (SSSR count). The molecule has 2 aliphatic rings. The number of nitrogens with zero attached hydrogens (tertiary/aromatic N) is 5. The number of imidazole rings is 1. The van der Waals surface area contributed by atoms with Crippen LogP contribution in [0.1, 0.15) is 66.3 Å². The fraction of sp³-hybridized carbons (Fsp3) is 0.345. The van der Waals surface area contributed by atoms with Crippen LogP contribution < -0.4 is 5.69 Å². The van der Waals surface area contributed by atoms with Crippen LogP contribution in [0, 0.1) is 23.0 Å². The molecule has 1 amide bonds. The van der Waals surface area contributed by atoms with E-state index in [0.29, 0.717) is 56.5 Å². The molecule has 40 heavy (non-hydrogen) atoms. The fourth-order valence-electron chi connectivity index (χ4n) is 5.91. The zero-order valence-electron chi connectivity index (χ0n) is 21.5. The van der Waals surface area contributed by atoms with Crippen molar-refractivity contribution in [3.63, 3.8) is 0 Å². The maximum Gasteiger partial charge on any atom is 0.410 e. The lowest BCUT2D eigenvalue weighted by Crippen LogP contribution is -2.41. The van der Waals surface area contributed by atoms with E-state index >= 15 is 0 Å². The minimum absolute atomic E-state index is 0.0881. The molecule has 0 unspecified atom stereocenters. The van der Waals surface area contributed by atoms with Gasteiger partial charge in [-0.25, -0.2) is 28.3 Å². The summed E-state index contributed by atoms with van der Waals surface area (Å²) in [5.41, 5.74) is 2.69. The molecule has 0 radical (unpaired) electrons. The quantitative estimate of drug-likeness (QED) is 0.367. The Morgan fingerprint density at radius 3 is 2.70 bits per heavy atom. The monoisotopic (exact) mass is 544 g/mol. The second-order valence-corrected chi connectivity index (χ2v) is 10.2. The summed E-state index contributed by atoms with van der Waals surface area (Å²) in [5, 5.41) is 9.42. The topological polar surface area (TPSA) is 117 Å². The van der Waals surface area contributed by atoms with Crippen molar-refractivity contribution in [1.29, 1.82) is 5.26 Å². The molecule has 0 bridgehead atoms. The normalized spacial score (nSPS) is 19.6. The highest BCUT2D eigenvalue weighted by Gasteiger charge is 2.33. The number of likely N-dealkylation sites (tertiary alicyclic amines) is 1. The lowest BCUT2D eigenvalue weighted by atomic mass is 9.90. The molecule has 1 aliphatic heterocycles. The van der Waals surface area contributed by atoms with Gasteiger partial charge in [0.1, 0.15) is 17.9 Å². The van der Waals surface area contributed by atoms with Gasteiger partial charge >= 0.3 is 11.8 Å². The molecule has 1 aromatic carbocycles. The average Bonchev–Trinajstić information content (AvgIpc) is 3.21. The number of aromatic nitrogens is 4. The van der Waals surface area contributed by atoms with Crippen LogP contribution in [0.3, 0.4) is 0 Å². The van der Waals surface area contributed by atoms with Crippen molar-refractivity contribution in [2.24, 2.45) is 0 Å². The van der Waals surface area contributed by atoms with E-state index < -0.39 is 23.8 Å². The number of nitriles is 1. The number of H-pyrrole nitrogens is 1. The minimum atomic E-state index is -0.905. The van der Waals surface area contributed by atoms with Gasteiger partial charge in [-0.1, -0.05) is 18.2 Å². The van der Waals surface area contributed by atoms with Crippen LogP contribution in [-0.4, -0.2) is 43.6 Å². The number of benzene rings is 1. The third-order valence-corrected chi connectivity index (χ3v) is 7.92. The molecule has 4 aromatic rings. The number of amides is 1. The molecule has 11 heteroatoms. The Labute approximate surface area is 228 Å². The molecular weight excluding hydrogens is 518 g/mol. The molecule has 1 saturated heterocycles. The maximum atomic E-state index is 14.7. The van der Waals surface area contributed by atoms with Crippen LogP contribution in [0.2, 0.25) is 0 Å². The summed E-state index contributed by atoms with van der Waals surface area (Å²) in [5.74, 6) is -2.12. The molecule has 1 N–H and O–H groups in total. The number of fused-ring (bicyclic) bond motifs is 2. The number of carbonyl (C=O) groups excluding carboxylic acids is 1. The van der Waals surface area contributed by atoms with Crippen LogP contribution in [0.5, 0.6) is 0 Å². The summed E-state index contributed by atoms with van der Waals surface area (Å²) in [6.07, 6.45) is 2.66. The standard InChI is InChI=1S/C29H26F2N6O3/c30-22-4-1-3-21(25(22)31)17-7-9-24(26-18(15-17)6-8-19(16-32)34-26)40-29(39)36-13-10-20(11-14-36)37-23-5-2-12-33-27(23)35-28(37)38/h1-6,8,12,17,20,24H,7,9-11,13-15H2,(H,33,35,38)/t17-,24-/m1/s1.